The average molecular weight is 453 g/mol. The van der Waals surface area contributed by atoms with Gasteiger partial charge in [-0.05, 0) is 112 Å². The summed E-state index contributed by atoms with van der Waals surface area (Å²) < 4.78 is 6.42. The van der Waals surface area contributed by atoms with Crippen LogP contribution in [0.1, 0.15) is 107 Å². The molecular formula is C32H52O. The summed E-state index contributed by atoms with van der Waals surface area (Å²) in [6, 6.07) is 0. The normalized spacial score (nSPS) is 40.7. The number of fused-ring (bicyclic) bond motifs is 5. The van der Waals surface area contributed by atoms with E-state index in [0.29, 0.717) is 28.8 Å². The van der Waals surface area contributed by atoms with Gasteiger partial charge in [-0.25, -0.2) is 0 Å². The highest BCUT2D eigenvalue weighted by Gasteiger charge is 2.56. The van der Waals surface area contributed by atoms with Crippen LogP contribution in [0.4, 0.5) is 0 Å². The van der Waals surface area contributed by atoms with E-state index in [4.69, 9.17) is 4.74 Å². The van der Waals surface area contributed by atoms with Crippen LogP contribution < -0.4 is 0 Å². The topological polar surface area (TPSA) is 9.23 Å². The van der Waals surface area contributed by atoms with Gasteiger partial charge in [0.1, 0.15) is 0 Å². The number of rotatable bonds is 5. The van der Waals surface area contributed by atoms with Crippen molar-refractivity contribution < 1.29 is 4.74 Å². The van der Waals surface area contributed by atoms with Crippen molar-refractivity contribution in [1.29, 1.82) is 0 Å². The molecule has 3 fully saturated rings. The molecule has 186 valence electrons. The van der Waals surface area contributed by atoms with Crippen LogP contribution in [0.25, 0.3) is 0 Å². The van der Waals surface area contributed by atoms with Crippen LogP contribution in [0.15, 0.2) is 35.5 Å². The molecule has 8 atom stereocenters. The van der Waals surface area contributed by atoms with Gasteiger partial charge >= 0.3 is 0 Å². The van der Waals surface area contributed by atoms with Crippen molar-refractivity contribution in [2.45, 2.75) is 119 Å². The molecule has 0 N–H and O–H groups in total. The predicted molar refractivity (Wildman–Crippen MR) is 142 cm³/mol. The third-order valence-corrected chi connectivity index (χ3v) is 10.5. The summed E-state index contributed by atoms with van der Waals surface area (Å²) in [5.41, 5.74) is 4.28. The molecule has 0 aromatic carbocycles. The average Bonchev–Trinajstić information content (AvgIpc) is 3.08. The first-order valence-electron chi connectivity index (χ1n) is 14.1. The summed E-state index contributed by atoms with van der Waals surface area (Å²) in [7, 11) is 0. The Morgan fingerprint density at radius 1 is 0.909 bits per heavy atom. The van der Waals surface area contributed by atoms with E-state index in [1.54, 1.807) is 5.57 Å². The summed E-state index contributed by atoms with van der Waals surface area (Å²) in [5.74, 6) is 4.47. The molecule has 0 spiro atoms. The maximum atomic E-state index is 6.42. The third kappa shape index (κ3) is 4.70. The van der Waals surface area contributed by atoms with Crippen molar-refractivity contribution in [3.8, 4) is 0 Å². The lowest BCUT2D eigenvalue weighted by atomic mass is 9.50. The standard InChI is InChI=1S/C32H52O/c1-21(2)22(3)10-11-23(4)27-14-15-28-26-13-12-24-20-25(33-30(5,6)7)16-18-31(24,8)29(26)17-19-32(27,28)9/h10-13,21-23,25,27-29H,14-20H2,1-9H3/b11-10+/t22-,23?,25-,27+,28-,29-,31-,32+/m0/s1. The van der Waals surface area contributed by atoms with Crippen LogP contribution in [-0.4, -0.2) is 11.7 Å². The van der Waals surface area contributed by atoms with Gasteiger partial charge in [0.2, 0.25) is 0 Å². The van der Waals surface area contributed by atoms with E-state index in [0.717, 1.165) is 30.1 Å². The number of allylic oxidation sites excluding steroid dienone is 5. The van der Waals surface area contributed by atoms with E-state index in [-0.39, 0.29) is 5.60 Å². The molecule has 0 aromatic heterocycles. The minimum Gasteiger partial charge on any atom is -0.372 e. The molecule has 4 aliphatic rings. The van der Waals surface area contributed by atoms with E-state index in [2.05, 4.69) is 86.6 Å². The minimum atomic E-state index is -0.0434. The molecule has 0 aromatic rings. The van der Waals surface area contributed by atoms with Crippen molar-refractivity contribution in [3.05, 3.63) is 35.5 Å². The van der Waals surface area contributed by atoms with Crippen molar-refractivity contribution in [2.75, 3.05) is 0 Å². The van der Waals surface area contributed by atoms with Crippen molar-refractivity contribution in [3.63, 3.8) is 0 Å². The fourth-order valence-corrected chi connectivity index (χ4v) is 8.18. The van der Waals surface area contributed by atoms with Gasteiger partial charge in [0.05, 0.1) is 11.7 Å². The quantitative estimate of drug-likeness (QED) is 0.378. The second-order valence-corrected chi connectivity index (χ2v) is 14.1. The molecule has 4 rings (SSSR count). The maximum absolute atomic E-state index is 6.42. The van der Waals surface area contributed by atoms with E-state index in [1.807, 2.05) is 5.57 Å². The lowest BCUT2D eigenvalue weighted by Crippen LogP contribution is -2.47. The third-order valence-electron chi connectivity index (χ3n) is 10.5. The fraction of sp³-hybridized carbons (Fsp3) is 0.812. The van der Waals surface area contributed by atoms with Crippen LogP contribution in [0, 0.1) is 46.3 Å². The van der Waals surface area contributed by atoms with Crippen molar-refractivity contribution >= 4 is 0 Å². The van der Waals surface area contributed by atoms with Gasteiger partial charge in [-0.15, -0.1) is 0 Å². The fourth-order valence-electron chi connectivity index (χ4n) is 8.18. The number of ether oxygens (including phenoxy) is 1. The molecule has 0 saturated heterocycles. The SMILES string of the molecule is CC(/C=C/[C@H](C)C(C)C)[C@H]1CC[C@H]2C3=CC=C4C[C@@H](OC(C)(C)C)CC[C@]4(C)[C@H]3CC[C@]12C. The van der Waals surface area contributed by atoms with Crippen LogP contribution in [0.3, 0.4) is 0 Å². The molecule has 0 heterocycles. The Labute approximate surface area is 205 Å². The van der Waals surface area contributed by atoms with Gasteiger partial charge in [0.25, 0.3) is 0 Å². The van der Waals surface area contributed by atoms with Gasteiger partial charge in [-0.2, -0.15) is 0 Å². The van der Waals surface area contributed by atoms with Crippen molar-refractivity contribution in [2.24, 2.45) is 46.3 Å². The second-order valence-electron chi connectivity index (χ2n) is 14.1. The Hall–Kier alpha value is -0.820. The first-order valence-corrected chi connectivity index (χ1v) is 14.1. The summed E-state index contributed by atoms with van der Waals surface area (Å²) in [6.07, 6.45) is 19.8. The summed E-state index contributed by atoms with van der Waals surface area (Å²) in [5, 5.41) is 0. The molecule has 0 aliphatic heterocycles. The molecule has 1 nitrogen and oxygen atoms in total. The van der Waals surface area contributed by atoms with Gasteiger partial charge in [-0.3, -0.25) is 0 Å². The molecule has 33 heavy (non-hydrogen) atoms. The van der Waals surface area contributed by atoms with Crippen LogP contribution >= 0.6 is 0 Å². The Bertz CT molecular complexity index is 807. The van der Waals surface area contributed by atoms with Crippen LogP contribution in [0.2, 0.25) is 0 Å². The first kappa shape index (κ1) is 25.3. The Kier molecular flexibility index (Phi) is 6.89. The highest BCUT2D eigenvalue weighted by molar-refractivity contribution is 5.39. The molecule has 1 unspecified atom stereocenters. The van der Waals surface area contributed by atoms with E-state index in [9.17, 15) is 0 Å². The highest BCUT2D eigenvalue weighted by atomic mass is 16.5. The van der Waals surface area contributed by atoms with Crippen LogP contribution in [0.5, 0.6) is 0 Å². The maximum Gasteiger partial charge on any atom is 0.0620 e. The molecule has 3 saturated carbocycles. The molecule has 0 amide bonds. The molecule has 4 aliphatic carbocycles. The second kappa shape index (κ2) is 9.00. The Morgan fingerprint density at radius 3 is 2.30 bits per heavy atom. The smallest absolute Gasteiger partial charge is 0.0620 e. The number of hydrogen-bond acceptors (Lipinski definition) is 1. The summed E-state index contributed by atoms with van der Waals surface area (Å²) in [6.45, 7) is 21.4. The minimum absolute atomic E-state index is 0.0434. The summed E-state index contributed by atoms with van der Waals surface area (Å²) in [4.78, 5) is 0. The lowest BCUT2D eigenvalue weighted by Gasteiger charge is -2.55. The van der Waals surface area contributed by atoms with Crippen LogP contribution in [-0.2, 0) is 4.74 Å². The Morgan fingerprint density at radius 2 is 1.64 bits per heavy atom. The molecular weight excluding hydrogens is 400 g/mol. The molecule has 1 heteroatoms. The zero-order chi connectivity index (χ0) is 24.2. The van der Waals surface area contributed by atoms with E-state index >= 15 is 0 Å². The van der Waals surface area contributed by atoms with E-state index in [1.165, 1.54) is 38.5 Å². The Balaban J connectivity index is 1.53. The number of hydrogen-bond donors (Lipinski definition) is 0. The van der Waals surface area contributed by atoms with Crippen molar-refractivity contribution in [1.82, 2.24) is 0 Å². The molecule has 0 radical (unpaired) electrons. The largest absolute Gasteiger partial charge is 0.372 e. The van der Waals surface area contributed by atoms with Gasteiger partial charge in [-0.1, -0.05) is 77.0 Å². The predicted octanol–water partition coefficient (Wildman–Crippen LogP) is 9.15. The zero-order valence-electron chi connectivity index (χ0n) is 23.2. The first-order chi connectivity index (χ1) is 15.3. The molecule has 0 bridgehead atoms. The monoisotopic (exact) mass is 452 g/mol. The summed E-state index contributed by atoms with van der Waals surface area (Å²) >= 11 is 0. The van der Waals surface area contributed by atoms with Gasteiger partial charge < -0.3 is 4.74 Å². The van der Waals surface area contributed by atoms with E-state index < -0.39 is 0 Å². The van der Waals surface area contributed by atoms with Gasteiger partial charge in [0.15, 0.2) is 0 Å². The van der Waals surface area contributed by atoms with Gasteiger partial charge in [0, 0.05) is 0 Å². The lowest BCUT2D eigenvalue weighted by molar-refractivity contribution is -0.0795. The highest BCUT2D eigenvalue weighted by Crippen LogP contribution is 2.66. The zero-order valence-corrected chi connectivity index (χ0v) is 23.2.